The van der Waals surface area contributed by atoms with Crippen LogP contribution < -0.4 is 9.62 Å². The highest BCUT2D eigenvalue weighted by Crippen LogP contribution is 2.33. The van der Waals surface area contributed by atoms with E-state index in [2.05, 4.69) is 5.32 Å². The number of nitrogens with zero attached hydrogens (tertiary/aromatic N) is 2. The Morgan fingerprint density at radius 2 is 1.61 bits per heavy atom. The Balaban J connectivity index is 1.69. The molecule has 0 radical (unpaired) electrons. The van der Waals surface area contributed by atoms with Gasteiger partial charge in [-0.2, -0.15) is 0 Å². The third-order valence-corrected chi connectivity index (χ3v) is 9.71. The molecule has 1 saturated carbocycles. The van der Waals surface area contributed by atoms with Gasteiger partial charge in [-0.1, -0.05) is 90.5 Å². The van der Waals surface area contributed by atoms with Gasteiger partial charge in [-0.05, 0) is 62.6 Å². The molecule has 0 spiro atoms. The Labute approximate surface area is 252 Å². The fourth-order valence-corrected chi connectivity index (χ4v) is 6.83. The van der Waals surface area contributed by atoms with Crippen LogP contribution >= 0.6 is 23.2 Å². The van der Waals surface area contributed by atoms with E-state index in [1.807, 2.05) is 31.2 Å². The van der Waals surface area contributed by atoms with Crippen molar-refractivity contribution in [2.24, 2.45) is 0 Å². The summed E-state index contributed by atoms with van der Waals surface area (Å²) in [5, 5.41) is 3.49. The fraction of sp³-hybridized carbons (Fsp3) is 0.355. The van der Waals surface area contributed by atoms with E-state index in [0.717, 1.165) is 47.5 Å². The van der Waals surface area contributed by atoms with Crippen molar-refractivity contribution in [2.75, 3.05) is 10.8 Å². The summed E-state index contributed by atoms with van der Waals surface area (Å²) in [6.45, 7) is 3.19. The maximum Gasteiger partial charge on any atom is 0.264 e. The largest absolute Gasteiger partial charge is 0.352 e. The Bertz CT molecular complexity index is 1460. The number of halogens is 2. The lowest BCUT2D eigenvalue weighted by Crippen LogP contribution is -2.53. The van der Waals surface area contributed by atoms with Crippen molar-refractivity contribution in [3.05, 3.63) is 94.0 Å². The average Bonchev–Trinajstić information content (AvgIpc) is 2.97. The normalized spacial score (nSPS) is 14.7. The van der Waals surface area contributed by atoms with E-state index < -0.39 is 28.5 Å². The van der Waals surface area contributed by atoms with Crippen LogP contribution in [-0.4, -0.2) is 43.8 Å². The van der Waals surface area contributed by atoms with Gasteiger partial charge in [-0.25, -0.2) is 8.42 Å². The fourth-order valence-electron chi connectivity index (χ4n) is 4.95. The number of aryl methyl sites for hydroxylation is 1. The molecule has 1 N–H and O–H groups in total. The van der Waals surface area contributed by atoms with Crippen molar-refractivity contribution in [1.82, 2.24) is 10.2 Å². The zero-order valence-corrected chi connectivity index (χ0v) is 25.6. The Morgan fingerprint density at radius 1 is 0.951 bits per heavy atom. The van der Waals surface area contributed by atoms with Crippen LogP contribution in [0.4, 0.5) is 5.69 Å². The van der Waals surface area contributed by atoms with Crippen molar-refractivity contribution in [3.8, 4) is 0 Å². The highest BCUT2D eigenvalue weighted by atomic mass is 35.5. The molecule has 0 saturated heterocycles. The lowest BCUT2D eigenvalue weighted by Gasteiger charge is -2.33. The lowest BCUT2D eigenvalue weighted by atomic mass is 9.95. The smallest absolute Gasteiger partial charge is 0.264 e. The van der Waals surface area contributed by atoms with Gasteiger partial charge in [0.25, 0.3) is 10.0 Å². The third-order valence-electron chi connectivity index (χ3n) is 7.38. The molecule has 1 aliphatic rings. The van der Waals surface area contributed by atoms with Crippen LogP contribution in [0.1, 0.15) is 50.2 Å². The molecule has 4 rings (SSSR count). The van der Waals surface area contributed by atoms with E-state index >= 15 is 0 Å². The number of hydrogen-bond acceptors (Lipinski definition) is 4. The van der Waals surface area contributed by atoms with Gasteiger partial charge in [0.2, 0.25) is 11.8 Å². The topological polar surface area (TPSA) is 86.8 Å². The molecule has 1 aliphatic carbocycles. The zero-order chi connectivity index (χ0) is 29.6. The number of nitrogens with one attached hydrogen (secondary N) is 1. The summed E-state index contributed by atoms with van der Waals surface area (Å²) < 4.78 is 28.7. The van der Waals surface area contributed by atoms with E-state index in [0.29, 0.717) is 0 Å². The monoisotopic (exact) mass is 615 g/mol. The Morgan fingerprint density at radius 3 is 2.27 bits per heavy atom. The van der Waals surface area contributed by atoms with Gasteiger partial charge in [-0.3, -0.25) is 13.9 Å². The standard InChI is InChI=1S/C31H35Cl2N3O4S/c1-22-13-15-24(16-14-22)20-35(23(2)31(38)34-26-9-5-3-6-10-26)30(37)21-36(29-19-25(32)17-18-28(29)33)41(39,40)27-11-7-4-8-12-27/h4,7-8,11-19,23,26H,3,5-6,9-10,20-21H2,1-2H3,(H,34,38)/t23-/m1/s1. The molecule has 1 atom stereocenters. The SMILES string of the molecule is Cc1ccc(CN(C(=O)CN(c2cc(Cl)ccc2Cl)S(=O)(=O)c2ccccc2)[C@H](C)C(=O)NC2CCCCC2)cc1. The number of benzene rings is 3. The molecule has 3 aromatic carbocycles. The number of hydrogen-bond donors (Lipinski definition) is 1. The minimum Gasteiger partial charge on any atom is -0.352 e. The molecule has 0 bridgehead atoms. The predicted molar refractivity (Wildman–Crippen MR) is 164 cm³/mol. The molecule has 41 heavy (non-hydrogen) atoms. The van der Waals surface area contributed by atoms with E-state index in [9.17, 15) is 18.0 Å². The molecule has 7 nitrogen and oxygen atoms in total. The first-order valence-electron chi connectivity index (χ1n) is 13.7. The van der Waals surface area contributed by atoms with Crippen molar-refractivity contribution < 1.29 is 18.0 Å². The first kappa shape index (κ1) is 30.9. The molecule has 0 aliphatic heterocycles. The van der Waals surface area contributed by atoms with Gasteiger partial charge in [0, 0.05) is 17.6 Å². The van der Waals surface area contributed by atoms with E-state index in [1.54, 1.807) is 31.2 Å². The minimum atomic E-state index is -4.23. The second-order valence-electron chi connectivity index (χ2n) is 10.4. The molecule has 0 heterocycles. The number of amides is 2. The van der Waals surface area contributed by atoms with E-state index in [-0.39, 0.29) is 39.1 Å². The van der Waals surface area contributed by atoms with Gasteiger partial charge >= 0.3 is 0 Å². The molecule has 0 unspecified atom stereocenters. The van der Waals surface area contributed by atoms with Crippen LogP contribution in [0.15, 0.2) is 77.7 Å². The molecule has 218 valence electrons. The van der Waals surface area contributed by atoms with Crippen LogP contribution in [0.25, 0.3) is 0 Å². The van der Waals surface area contributed by atoms with Gasteiger partial charge in [0.1, 0.15) is 12.6 Å². The maximum absolute atomic E-state index is 14.1. The average molecular weight is 617 g/mol. The van der Waals surface area contributed by atoms with Crippen molar-refractivity contribution in [1.29, 1.82) is 0 Å². The number of carbonyl (C=O) groups excluding carboxylic acids is 2. The van der Waals surface area contributed by atoms with Gasteiger partial charge in [0.15, 0.2) is 0 Å². The van der Waals surface area contributed by atoms with Crippen molar-refractivity contribution >= 4 is 50.7 Å². The minimum absolute atomic E-state index is 0.00276. The molecule has 2 amide bonds. The van der Waals surface area contributed by atoms with E-state index in [1.165, 1.54) is 29.2 Å². The molecule has 1 fully saturated rings. The quantitative estimate of drug-likeness (QED) is 0.287. The van der Waals surface area contributed by atoms with Crippen LogP contribution in [0.3, 0.4) is 0 Å². The number of anilines is 1. The van der Waals surface area contributed by atoms with Crippen molar-refractivity contribution in [2.45, 2.75) is 69.5 Å². The Hall–Kier alpha value is -3.07. The van der Waals surface area contributed by atoms with Crippen LogP contribution in [0, 0.1) is 6.92 Å². The summed E-state index contributed by atoms with van der Waals surface area (Å²) in [5.41, 5.74) is 1.95. The van der Waals surface area contributed by atoms with Gasteiger partial charge in [0.05, 0.1) is 15.6 Å². The van der Waals surface area contributed by atoms with Crippen molar-refractivity contribution in [3.63, 3.8) is 0 Å². The number of sulfonamides is 1. The summed E-state index contributed by atoms with van der Waals surface area (Å²) in [5.74, 6) is -0.817. The second-order valence-corrected chi connectivity index (χ2v) is 13.2. The summed E-state index contributed by atoms with van der Waals surface area (Å²) in [4.78, 5) is 28.9. The van der Waals surface area contributed by atoms with Crippen LogP contribution in [0.5, 0.6) is 0 Å². The third kappa shape index (κ3) is 7.82. The van der Waals surface area contributed by atoms with Gasteiger partial charge in [-0.15, -0.1) is 0 Å². The number of rotatable bonds is 10. The maximum atomic E-state index is 14.1. The molecular formula is C31H35Cl2N3O4S. The lowest BCUT2D eigenvalue weighted by molar-refractivity contribution is -0.139. The van der Waals surface area contributed by atoms with E-state index in [4.69, 9.17) is 23.2 Å². The van der Waals surface area contributed by atoms with Gasteiger partial charge < -0.3 is 10.2 Å². The second kappa shape index (κ2) is 13.7. The molecule has 10 heteroatoms. The summed E-state index contributed by atoms with van der Waals surface area (Å²) in [6, 6.07) is 19.2. The summed E-state index contributed by atoms with van der Waals surface area (Å²) >= 11 is 12.7. The predicted octanol–water partition coefficient (Wildman–Crippen LogP) is 6.36. The molecule has 0 aromatic heterocycles. The van der Waals surface area contributed by atoms with Crippen LogP contribution in [-0.2, 0) is 26.2 Å². The molecular weight excluding hydrogens is 581 g/mol. The van der Waals surface area contributed by atoms with Crippen LogP contribution in [0.2, 0.25) is 10.0 Å². The summed E-state index contributed by atoms with van der Waals surface area (Å²) in [6.07, 6.45) is 5.06. The Kier molecular flexibility index (Phi) is 10.3. The first-order valence-corrected chi connectivity index (χ1v) is 15.9. The highest BCUT2D eigenvalue weighted by Gasteiger charge is 2.34. The zero-order valence-electron chi connectivity index (χ0n) is 23.2. The summed E-state index contributed by atoms with van der Waals surface area (Å²) in [7, 11) is -4.23. The highest BCUT2D eigenvalue weighted by molar-refractivity contribution is 7.92. The molecule has 3 aromatic rings. The first-order chi connectivity index (χ1) is 19.6. The number of carbonyl (C=O) groups is 2.